The predicted octanol–water partition coefficient (Wildman–Crippen LogP) is 3.51. The van der Waals surface area contributed by atoms with E-state index in [-0.39, 0.29) is 0 Å². The highest BCUT2D eigenvalue weighted by molar-refractivity contribution is 5.85. The summed E-state index contributed by atoms with van der Waals surface area (Å²) in [5.41, 5.74) is 5.09. The normalized spacial score (nSPS) is 9.79. The number of fused-ring (bicyclic) bond motifs is 1. The first kappa shape index (κ1) is 10.8. The Morgan fingerprint density at radius 3 is 2.36 bits per heavy atom. The summed E-state index contributed by atoms with van der Waals surface area (Å²) in [4.78, 5) is 0. The molecule has 0 unspecified atom stereocenters. The van der Waals surface area contributed by atoms with Gasteiger partial charge in [0.2, 0.25) is 0 Å². The molecule has 1 heterocycles. The molecule has 0 spiro atoms. The number of benzene rings is 1. The van der Waals surface area contributed by atoms with E-state index in [0.29, 0.717) is 0 Å². The van der Waals surface area contributed by atoms with Crippen molar-refractivity contribution in [3.8, 4) is 0 Å². The lowest BCUT2D eigenvalue weighted by atomic mass is 10.0. The van der Waals surface area contributed by atoms with Crippen molar-refractivity contribution in [2.45, 2.75) is 34.6 Å². The number of aromatic nitrogens is 2. The molecule has 76 valence electrons. The standard InChI is InChI=1S/C10H12N2.C2H6/c1-6-4-7(2)9-5-11-12-10(9)8(6)3;1-2/h4-5H,1-3H3,(H,11,12);1-2H3. The number of H-pyrrole nitrogens is 1. The summed E-state index contributed by atoms with van der Waals surface area (Å²) in [6.07, 6.45) is 1.89. The lowest BCUT2D eigenvalue weighted by molar-refractivity contribution is 1.11. The second kappa shape index (κ2) is 4.27. The Balaban J connectivity index is 0.000000461. The summed E-state index contributed by atoms with van der Waals surface area (Å²) < 4.78 is 0. The molecular weight excluding hydrogens is 172 g/mol. The van der Waals surface area contributed by atoms with Crippen LogP contribution in [-0.4, -0.2) is 10.2 Å². The molecule has 2 heteroatoms. The molecule has 2 nitrogen and oxygen atoms in total. The minimum Gasteiger partial charge on any atom is -0.278 e. The number of hydrogen-bond acceptors (Lipinski definition) is 1. The van der Waals surface area contributed by atoms with Gasteiger partial charge in [0.25, 0.3) is 0 Å². The van der Waals surface area contributed by atoms with Crippen molar-refractivity contribution in [2.75, 3.05) is 0 Å². The lowest BCUT2D eigenvalue weighted by Crippen LogP contribution is -1.85. The molecule has 0 atom stereocenters. The Bertz CT molecular complexity index is 427. The van der Waals surface area contributed by atoms with Crippen LogP contribution in [0.4, 0.5) is 0 Å². The Labute approximate surface area is 85.3 Å². The Morgan fingerprint density at radius 2 is 1.71 bits per heavy atom. The minimum absolute atomic E-state index is 1.17. The van der Waals surface area contributed by atoms with Crippen LogP contribution in [0, 0.1) is 20.8 Å². The van der Waals surface area contributed by atoms with Crippen LogP contribution in [0.1, 0.15) is 30.5 Å². The molecule has 0 amide bonds. The second-order valence-electron chi connectivity index (χ2n) is 3.29. The van der Waals surface area contributed by atoms with E-state index in [4.69, 9.17) is 0 Å². The van der Waals surface area contributed by atoms with Gasteiger partial charge in [-0.3, -0.25) is 5.10 Å². The highest BCUT2D eigenvalue weighted by Gasteiger charge is 2.04. The van der Waals surface area contributed by atoms with E-state index in [1.54, 1.807) is 0 Å². The quantitative estimate of drug-likeness (QED) is 0.676. The smallest absolute Gasteiger partial charge is 0.0684 e. The largest absolute Gasteiger partial charge is 0.278 e. The first-order valence-electron chi connectivity index (χ1n) is 5.10. The van der Waals surface area contributed by atoms with E-state index < -0.39 is 0 Å². The number of hydrogen-bond donors (Lipinski definition) is 1. The van der Waals surface area contributed by atoms with Crippen molar-refractivity contribution < 1.29 is 0 Å². The number of aromatic amines is 1. The molecule has 1 aromatic carbocycles. The molecule has 0 saturated carbocycles. The summed E-state index contributed by atoms with van der Waals surface area (Å²) in [7, 11) is 0. The van der Waals surface area contributed by atoms with Gasteiger partial charge in [0.15, 0.2) is 0 Å². The summed E-state index contributed by atoms with van der Waals surface area (Å²) in [6.45, 7) is 10.4. The maximum Gasteiger partial charge on any atom is 0.0684 e. The average molecular weight is 190 g/mol. The topological polar surface area (TPSA) is 28.7 Å². The maximum atomic E-state index is 4.04. The fourth-order valence-electron chi connectivity index (χ4n) is 1.58. The minimum atomic E-state index is 1.17. The zero-order valence-electron chi connectivity index (χ0n) is 9.60. The summed E-state index contributed by atoms with van der Waals surface area (Å²) in [6, 6.07) is 2.20. The van der Waals surface area contributed by atoms with Crippen LogP contribution < -0.4 is 0 Å². The van der Waals surface area contributed by atoms with Crippen LogP contribution in [0.25, 0.3) is 10.9 Å². The van der Waals surface area contributed by atoms with Crippen molar-refractivity contribution in [3.63, 3.8) is 0 Å². The third-order valence-corrected chi connectivity index (χ3v) is 2.46. The first-order valence-corrected chi connectivity index (χ1v) is 5.10. The van der Waals surface area contributed by atoms with Gasteiger partial charge in [-0.25, -0.2) is 0 Å². The van der Waals surface area contributed by atoms with Crippen molar-refractivity contribution in [3.05, 3.63) is 29.0 Å². The molecule has 0 saturated heterocycles. The van der Waals surface area contributed by atoms with Crippen LogP contribution in [0.2, 0.25) is 0 Å². The summed E-state index contributed by atoms with van der Waals surface area (Å²) in [5, 5.41) is 8.29. The fourth-order valence-corrected chi connectivity index (χ4v) is 1.58. The predicted molar refractivity (Wildman–Crippen MR) is 61.7 cm³/mol. The van der Waals surface area contributed by atoms with Gasteiger partial charge < -0.3 is 0 Å². The van der Waals surface area contributed by atoms with Crippen LogP contribution in [0.15, 0.2) is 12.3 Å². The zero-order chi connectivity index (χ0) is 10.7. The monoisotopic (exact) mass is 190 g/mol. The zero-order valence-corrected chi connectivity index (χ0v) is 9.60. The van der Waals surface area contributed by atoms with Crippen LogP contribution >= 0.6 is 0 Å². The molecule has 1 N–H and O–H groups in total. The van der Waals surface area contributed by atoms with Gasteiger partial charge in [0.05, 0.1) is 11.7 Å². The molecule has 0 aliphatic carbocycles. The molecule has 0 aliphatic rings. The highest BCUT2D eigenvalue weighted by Crippen LogP contribution is 2.22. The molecular formula is C12H18N2. The average Bonchev–Trinajstić information content (AvgIpc) is 2.67. The highest BCUT2D eigenvalue weighted by atomic mass is 15.1. The Kier molecular flexibility index (Phi) is 3.28. The van der Waals surface area contributed by atoms with Crippen molar-refractivity contribution in [1.29, 1.82) is 0 Å². The van der Waals surface area contributed by atoms with Crippen molar-refractivity contribution in [2.24, 2.45) is 0 Å². The molecule has 0 radical (unpaired) electrons. The molecule has 0 fully saturated rings. The third kappa shape index (κ3) is 1.65. The lowest BCUT2D eigenvalue weighted by Gasteiger charge is -2.03. The summed E-state index contributed by atoms with van der Waals surface area (Å²) in [5.74, 6) is 0. The van der Waals surface area contributed by atoms with Gasteiger partial charge in [-0.05, 0) is 37.5 Å². The molecule has 14 heavy (non-hydrogen) atoms. The van der Waals surface area contributed by atoms with E-state index >= 15 is 0 Å². The van der Waals surface area contributed by atoms with Gasteiger partial charge in [-0.2, -0.15) is 5.10 Å². The van der Waals surface area contributed by atoms with Crippen molar-refractivity contribution in [1.82, 2.24) is 10.2 Å². The second-order valence-corrected chi connectivity index (χ2v) is 3.29. The number of nitrogens with zero attached hydrogens (tertiary/aromatic N) is 1. The van der Waals surface area contributed by atoms with E-state index in [1.165, 1.54) is 27.6 Å². The molecule has 2 rings (SSSR count). The van der Waals surface area contributed by atoms with E-state index in [0.717, 1.165) is 0 Å². The number of nitrogens with one attached hydrogen (secondary N) is 1. The van der Waals surface area contributed by atoms with Crippen molar-refractivity contribution >= 4 is 10.9 Å². The number of aryl methyl sites for hydroxylation is 3. The Hall–Kier alpha value is -1.31. The molecule has 2 aromatic rings. The van der Waals surface area contributed by atoms with Gasteiger partial charge in [0, 0.05) is 5.39 Å². The molecule has 0 aliphatic heterocycles. The van der Waals surface area contributed by atoms with E-state index in [1.807, 2.05) is 20.0 Å². The van der Waals surface area contributed by atoms with Gasteiger partial charge in [0.1, 0.15) is 0 Å². The third-order valence-electron chi connectivity index (χ3n) is 2.46. The van der Waals surface area contributed by atoms with Gasteiger partial charge in [-0.15, -0.1) is 0 Å². The van der Waals surface area contributed by atoms with Gasteiger partial charge >= 0.3 is 0 Å². The molecule has 1 aromatic heterocycles. The number of rotatable bonds is 0. The van der Waals surface area contributed by atoms with E-state index in [9.17, 15) is 0 Å². The van der Waals surface area contributed by atoms with Crippen LogP contribution in [0.3, 0.4) is 0 Å². The summed E-state index contributed by atoms with van der Waals surface area (Å²) >= 11 is 0. The van der Waals surface area contributed by atoms with Crippen LogP contribution in [-0.2, 0) is 0 Å². The fraction of sp³-hybridized carbons (Fsp3) is 0.417. The maximum absolute atomic E-state index is 4.04. The first-order chi connectivity index (χ1) is 6.70. The van der Waals surface area contributed by atoms with Gasteiger partial charge in [-0.1, -0.05) is 19.9 Å². The SMILES string of the molecule is CC.Cc1cc(C)c2cn[nH]c2c1C. The van der Waals surface area contributed by atoms with E-state index in [2.05, 4.69) is 37.0 Å². The molecule has 0 bridgehead atoms. The van der Waals surface area contributed by atoms with Crippen LogP contribution in [0.5, 0.6) is 0 Å². The Morgan fingerprint density at radius 1 is 1.07 bits per heavy atom.